The summed E-state index contributed by atoms with van der Waals surface area (Å²) in [5.74, 6) is -4.10. The molecule has 0 saturated heterocycles. The van der Waals surface area contributed by atoms with Gasteiger partial charge in [0.2, 0.25) is 0 Å². The summed E-state index contributed by atoms with van der Waals surface area (Å²) in [4.78, 5) is 10.9. The van der Waals surface area contributed by atoms with Gasteiger partial charge < -0.3 is 20.3 Å². The number of aliphatic hydroxyl groups is 1. The predicted octanol–water partition coefficient (Wildman–Crippen LogP) is 0.981. The topological polar surface area (TPSA) is 78.8 Å². The third kappa shape index (κ3) is 5.19. The molecule has 0 atom stereocenters. The molecule has 0 aromatic heterocycles. The van der Waals surface area contributed by atoms with E-state index >= 15 is 0 Å². The van der Waals surface area contributed by atoms with Crippen LogP contribution in [-0.2, 0) is 0 Å². The lowest BCUT2D eigenvalue weighted by Gasteiger charge is -2.14. The highest BCUT2D eigenvalue weighted by molar-refractivity contribution is 5.90. The molecule has 7 heteroatoms. The Morgan fingerprint density at radius 1 is 1.37 bits per heavy atom. The lowest BCUT2D eigenvalue weighted by atomic mass is 10.2. The van der Waals surface area contributed by atoms with Crippen LogP contribution in [0.4, 0.5) is 8.78 Å². The quantitative estimate of drug-likeness (QED) is 0.616. The number of carbonyl (C=O) groups is 1. The zero-order chi connectivity index (χ0) is 14.3. The van der Waals surface area contributed by atoms with Gasteiger partial charge in [0.05, 0.1) is 6.54 Å². The first-order valence-corrected chi connectivity index (χ1v) is 5.61. The second kappa shape index (κ2) is 7.01. The van der Waals surface area contributed by atoms with E-state index in [1.54, 1.807) is 12.1 Å². The number of halogens is 2. The SMILES string of the molecule is O=C(O)c1ccccc1OCCNCC(F)(F)CO. The lowest BCUT2D eigenvalue weighted by Crippen LogP contribution is -2.37. The number of ether oxygens (including phenoxy) is 1. The predicted molar refractivity (Wildman–Crippen MR) is 63.8 cm³/mol. The van der Waals surface area contributed by atoms with Gasteiger partial charge in [-0.3, -0.25) is 0 Å². The monoisotopic (exact) mass is 275 g/mol. The molecule has 1 aromatic carbocycles. The molecule has 0 fully saturated rings. The summed E-state index contributed by atoms with van der Waals surface area (Å²) in [6, 6.07) is 6.07. The molecular formula is C12H15F2NO4. The van der Waals surface area contributed by atoms with Crippen molar-refractivity contribution in [1.29, 1.82) is 0 Å². The summed E-state index contributed by atoms with van der Waals surface area (Å²) in [5, 5.41) is 19.6. The molecule has 0 saturated carbocycles. The number of aromatic carboxylic acids is 1. The minimum atomic E-state index is -3.17. The van der Waals surface area contributed by atoms with Crippen LogP contribution in [-0.4, -0.2) is 48.4 Å². The highest BCUT2D eigenvalue weighted by Gasteiger charge is 2.26. The first kappa shape index (κ1) is 15.3. The van der Waals surface area contributed by atoms with Crippen molar-refractivity contribution in [2.45, 2.75) is 5.92 Å². The zero-order valence-corrected chi connectivity index (χ0v) is 10.1. The van der Waals surface area contributed by atoms with Crippen molar-refractivity contribution in [3.63, 3.8) is 0 Å². The molecule has 106 valence electrons. The minimum absolute atomic E-state index is 0.0168. The fraction of sp³-hybridized carbons (Fsp3) is 0.417. The van der Waals surface area contributed by atoms with Crippen molar-refractivity contribution in [1.82, 2.24) is 5.32 Å². The molecule has 19 heavy (non-hydrogen) atoms. The zero-order valence-electron chi connectivity index (χ0n) is 10.1. The van der Waals surface area contributed by atoms with Crippen LogP contribution < -0.4 is 10.1 Å². The Bertz CT molecular complexity index is 426. The van der Waals surface area contributed by atoms with Gasteiger partial charge >= 0.3 is 5.97 Å². The number of nitrogens with one attached hydrogen (secondary N) is 1. The summed E-state index contributed by atoms with van der Waals surface area (Å²) in [5.41, 5.74) is 0.0168. The number of carboxylic acid groups (broad SMARTS) is 1. The van der Waals surface area contributed by atoms with Crippen LogP contribution >= 0.6 is 0 Å². The molecule has 0 aliphatic heterocycles. The first-order chi connectivity index (χ1) is 8.96. The summed E-state index contributed by atoms with van der Waals surface area (Å²) in [6.07, 6.45) is 0. The highest BCUT2D eigenvalue weighted by Crippen LogP contribution is 2.17. The van der Waals surface area contributed by atoms with Gasteiger partial charge in [0, 0.05) is 6.54 Å². The van der Waals surface area contributed by atoms with E-state index < -0.39 is 25.0 Å². The molecule has 5 nitrogen and oxygen atoms in total. The number of rotatable bonds is 8. The average molecular weight is 275 g/mol. The summed E-state index contributed by atoms with van der Waals surface area (Å²) < 4.78 is 30.5. The van der Waals surface area contributed by atoms with Gasteiger partial charge in [-0.1, -0.05) is 12.1 Å². The number of hydrogen-bond acceptors (Lipinski definition) is 4. The molecule has 0 bridgehead atoms. The number of aliphatic hydroxyl groups excluding tert-OH is 1. The third-order valence-corrected chi connectivity index (χ3v) is 2.27. The van der Waals surface area contributed by atoms with Crippen LogP contribution in [0, 0.1) is 0 Å². The van der Waals surface area contributed by atoms with Crippen molar-refractivity contribution in [2.24, 2.45) is 0 Å². The van der Waals surface area contributed by atoms with Crippen molar-refractivity contribution >= 4 is 5.97 Å². The normalized spacial score (nSPS) is 11.3. The fourth-order valence-corrected chi connectivity index (χ4v) is 1.33. The second-order valence-corrected chi connectivity index (χ2v) is 3.84. The molecule has 1 rings (SSSR count). The van der Waals surface area contributed by atoms with Crippen molar-refractivity contribution in [3.8, 4) is 5.75 Å². The van der Waals surface area contributed by atoms with Crippen LogP contribution in [0.5, 0.6) is 5.75 Å². The smallest absolute Gasteiger partial charge is 0.339 e. The van der Waals surface area contributed by atoms with Gasteiger partial charge in [-0.15, -0.1) is 0 Å². The maximum Gasteiger partial charge on any atom is 0.339 e. The van der Waals surface area contributed by atoms with Crippen LogP contribution in [0.15, 0.2) is 24.3 Å². The van der Waals surface area contributed by atoms with Crippen molar-refractivity contribution < 1.29 is 28.5 Å². The number of hydrogen-bond donors (Lipinski definition) is 3. The molecule has 0 unspecified atom stereocenters. The van der Waals surface area contributed by atoms with E-state index in [1.165, 1.54) is 12.1 Å². The highest BCUT2D eigenvalue weighted by atomic mass is 19.3. The maximum atomic E-state index is 12.6. The van der Waals surface area contributed by atoms with Gasteiger partial charge in [0.1, 0.15) is 24.5 Å². The minimum Gasteiger partial charge on any atom is -0.491 e. The largest absolute Gasteiger partial charge is 0.491 e. The summed E-state index contributed by atoms with van der Waals surface area (Å²) in [6.45, 7) is -1.72. The Morgan fingerprint density at radius 2 is 2.05 bits per heavy atom. The average Bonchev–Trinajstić information content (AvgIpc) is 2.38. The van der Waals surface area contributed by atoms with Gasteiger partial charge in [-0.2, -0.15) is 0 Å². The molecule has 0 spiro atoms. The van der Waals surface area contributed by atoms with Crippen LogP contribution in [0.2, 0.25) is 0 Å². The third-order valence-electron chi connectivity index (χ3n) is 2.27. The van der Waals surface area contributed by atoms with E-state index in [9.17, 15) is 13.6 Å². The number of carboxylic acids is 1. The molecule has 0 heterocycles. The van der Waals surface area contributed by atoms with Crippen LogP contribution in [0.3, 0.4) is 0 Å². The number of benzene rings is 1. The van der Waals surface area contributed by atoms with E-state index in [1.807, 2.05) is 0 Å². The van der Waals surface area contributed by atoms with E-state index in [4.69, 9.17) is 14.9 Å². The van der Waals surface area contributed by atoms with E-state index in [2.05, 4.69) is 5.32 Å². The van der Waals surface area contributed by atoms with Crippen LogP contribution in [0.25, 0.3) is 0 Å². The molecular weight excluding hydrogens is 260 g/mol. The Morgan fingerprint density at radius 3 is 2.68 bits per heavy atom. The molecule has 0 aliphatic rings. The van der Waals surface area contributed by atoms with Crippen molar-refractivity contribution in [3.05, 3.63) is 29.8 Å². The Kier molecular flexibility index (Phi) is 5.65. The Balaban J connectivity index is 2.36. The Labute approximate surface area is 108 Å². The van der Waals surface area contributed by atoms with E-state index in [0.29, 0.717) is 0 Å². The summed E-state index contributed by atoms with van der Waals surface area (Å²) in [7, 11) is 0. The molecule has 0 aliphatic carbocycles. The molecule has 0 amide bonds. The lowest BCUT2D eigenvalue weighted by molar-refractivity contribution is -0.0477. The molecule has 1 aromatic rings. The Hall–Kier alpha value is -1.73. The summed E-state index contributed by atoms with van der Waals surface area (Å²) >= 11 is 0. The van der Waals surface area contributed by atoms with Gasteiger partial charge in [-0.05, 0) is 12.1 Å². The van der Waals surface area contributed by atoms with Crippen LogP contribution in [0.1, 0.15) is 10.4 Å². The fourth-order valence-electron chi connectivity index (χ4n) is 1.33. The van der Waals surface area contributed by atoms with Gasteiger partial charge in [-0.25, -0.2) is 13.6 Å². The molecule has 0 radical (unpaired) electrons. The van der Waals surface area contributed by atoms with Gasteiger partial charge in [0.15, 0.2) is 0 Å². The van der Waals surface area contributed by atoms with E-state index in [0.717, 1.165) is 0 Å². The standard InChI is InChI=1S/C12H15F2NO4/c13-12(14,8-16)7-15-5-6-19-10-4-2-1-3-9(10)11(17)18/h1-4,15-16H,5-8H2,(H,17,18). The first-order valence-electron chi connectivity index (χ1n) is 5.61. The maximum absolute atomic E-state index is 12.6. The van der Waals surface area contributed by atoms with E-state index in [-0.39, 0.29) is 24.5 Å². The van der Waals surface area contributed by atoms with Gasteiger partial charge in [0.25, 0.3) is 5.92 Å². The number of para-hydroxylation sites is 1. The number of alkyl halides is 2. The molecule has 3 N–H and O–H groups in total. The second-order valence-electron chi connectivity index (χ2n) is 3.84. The van der Waals surface area contributed by atoms with Crippen molar-refractivity contribution in [2.75, 3.05) is 26.3 Å².